The maximum atomic E-state index is 13.1. The number of amides is 1. The van der Waals surface area contributed by atoms with Crippen LogP contribution in [0.15, 0.2) is 54.6 Å². The molecule has 0 saturated carbocycles. The Morgan fingerprint density at radius 1 is 1.15 bits per heavy atom. The number of hydrogen-bond donors (Lipinski definition) is 1. The maximum Gasteiger partial charge on any atom is 0.272 e. The first-order valence-electron chi connectivity index (χ1n) is 9.27. The summed E-state index contributed by atoms with van der Waals surface area (Å²) in [6, 6.07) is 18.5. The van der Waals surface area contributed by atoms with Gasteiger partial charge in [-0.05, 0) is 37.6 Å². The molecule has 0 saturated heterocycles. The molecule has 0 spiro atoms. The molecule has 0 unspecified atom stereocenters. The smallest absolute Gasteiger partial charge is 0.272 e. The maximum absolute atomic E-state index is 13.1. The van der Waals surface area contributed by atoms with Gasteiger partial charge < -0.3 is 10.2 Å². The van der Waals surface area contributed by atoms with Crippen LogP contribution < -0.4 is 5.32 Å². The van der Waals surface area contributed by atoms with Gasteiger partial charge in [0.2, 0.25) is 0 Å². The number of fused-ring (bicyclic) bond motifs is 1. The summed E-state index contributed by atoms with van der Waals surface area (Å²) in [6.07, 6.45) is 0. The fourth-order valence-corrected chi connectivity index (χ4v) is 3.58. The predicted octanol–water partition coefficient (Wildman–Crippen LogP) is 4.12. The van der Waals surface area contributed by atoms with Crippen LogP contribution in [0.3, 0.4) is 0 Å². The largest absolute Gasteiger partial charge is 0.388 e. The van der Waals surface area contributed by atoms with Gasteiger partial charge in [-0.2, -0.15) is 5.10 Å². The average molecular weight is 360 g/mol. The molecule has 138 valence electrons. The normalized spacial score (nSPS) is 16.3. The topological polar surface area (TPSA) is 50.2 Å². The molecule has 0 fully saturated rings. The number of anilines is 1. The van der Waals surface area contributed by atoms with E-state index in [1.807, 2.05) is 34.8 Å². The molecule has 4 rings (SSSR count). The highest BCUT2D eigenvalue weighted by atomic mass is 16.2. The zero-order valence-electron chi connectivity index (χ0n) is 15.9. The number of carbonyl (C=O) groups is 1. The standard InChI is InChI=1S/C22H24N4O/c1-15-7-9-18(10-8-15)20-12-21-22(27)25(13-16(2)26(21)24-20)14-17-5-4-6-19(11-17)23-3/h4-12,16,23H,13-14H2,1-3H3/t16-/m0/s1. The van der Waals surface area contributed by atoms with E-state index in [-0.39, 0.29) is 11.9 Å². The van der Waals surface area contributed by atoms with Crippen molar-refractivity contribution in [3.8, 4) is 11.3 Å². The van der Waals surface area contributed by atoms with Crippen molar-refractivity contribution in [2.45, 2.75) is 26.4 Å². The van der Waals surface area contributed by atoms with E-state index in [9.17, 15) is 4.79 Å². The molecule has 0 bridgehead atoms. The highest BCUT2D eigenvalue weighted by Crippen LogP contribution is 2.27. The van der Waals surface area contributed by atoms with Crippen LogP contribution in [0.25, 0.3) is 11.3 Å². The first kappa shape index (κ1) is 17.3. The molecule has 5 heteroatoms. The lowest BCUT2D eigenvalue weighted by atomic mass is 10.1. The lowest BCUT2D eigenvalue weighted by Crippen LogP contribution is -2.41. The Hall–Kier alpha value is -3.08. The van der Waals surface area contributed by atoms with Crippen LogP contribution in [0, 0.1) is 6.92 Å². The Balaban J connectivity index is 1.62. The minimum absolute atomic E-state index is 0.0359. The van der Waals surface area contributed by atoms with Crippen molar-refractivity contribution in [1.29, 1.82) is 0 Å². The van der Waals surface area contributed by atoms with E-state index < -0.39 is 0 Å². The minimum atomic E-state index is 0.0359. The van der Waals surface area contributed by atoms with E-state index in [0.717, 1.165) is 22.5 Å². The van der Waals surface area contributed by atoms with Gasteiger partial charge in [0.05, 0.1) is 11.7 Å². The SMILES string of the molecule is CNc1cccc(CN2C[C@H](C)n3nc(-c4ccc(C)cc4)cc3C2=O)c1. The number of nitrogens with zero attached hydrogens (tertiary/aromatic N) is 3. The van der Waals surface area contributed by atoms with Gasteiger partial charge in [-0.25, -0.2) is 0 Å². The molecule has 0 aliphatic carbocycles. The summed E-state index contributed by atoms with van der Waals surface area (Å²) < 4.78 is 1.87. The van der Waals surface area contributed by atoms with Crippen LogP contribution in [0.5, 0.6) is 0 Å². The highest BCUT2D eigenvalue weighted by Gasteiger charge is 2.31. The lowest BCUT2D eigenvalue weighted by molar-refractivity contribution is 0.0651. The average Bonchev–Trinajstić information content (AvgIpc) is 3.13. The van der Waals surface area contributed by atoms with E-state index in [2.05, 4.69) is 55.6 Å². The minimum Gasteiger partial charge on any atom is -0.388 e. The molecule has 1 N–H and O–H groups in total. The summed E-state index contributed by atoms with van der Waals surface area (Å²) in [6.45, 7) is 5.43. The molecule has 1 atom stereocenters. The lowest BCUT2D eigenvalue weighted by Gasteiger charge is -2.31. The second kappa shape index (κ2) is 6.91. The Morgan fingerprint density at radius 2 is 1.93 bits per heavy atom. The molecule has 0 radical (unpaired) electrons. The van der Waals surface area contributed by atoms with Crippen LogP contribution in [0.4, 0.5) is 5.69 Å². The van der Waals surface area contributed by atoms with Crippen molar-refractivity contribution < 1.29 is 4.79 Å². The predicted molar refractivity (Wildman–Crippen MR) is 108 cm³/mol. The van der Waals surface area contributed by atoms with E-state index in [1.54, 1.807) is 0 Å². The van der Waals surface area contributed by atoms with E-state index in [1.165, 1.54) is 5.56 Å². The number of carbonyl (C=O) groups excluding carboxylic acids is 1. The van der Waals surface area contributed by atoms with Crippen LogP contribution in [-0.4, -0.2) is 34.2 Å². The van der Waals surface area contributed by atoms with E-state index in [4.69, 9.17) is 5.10 Å². The Kier molecular flexibility index (Phi) is 4.44. The Bertz CT molecular complexity index is 974. The zero-order valence-corrected chi connectivity index (χ0v) is 15.9. The van der Waals surface area contributed by atoms with E-state index >= 15 is 0 Å². The monoisotopic (exact) mass is 360 g/mol. The molecule has 27 heavy (non-hydrogen) atoms. The van der Waals surface area contributed by atoms with Gasteiger partial charge in [0.1, 0.15) is 5.69 Å². The molecule has 1 amide bonds. The number of hydrogen-bond acceptors (Lipinski definition) is 3. The van der Waals surface area contributed by atoms with Crippen molar-refractivity contribution in [1.82, 2.24) is 14.7 Å². The number of nitrogens with one attached hydrogen (secondary N) is 1. The molecule has 2 aromatic carbocycles. The number of rotatable bonds is 4. The Morgan fingerprint density at radius 3 is 2.67 bits per heavy atom. The van der Waals surface area contributed by atoms with Crippen LogP contribution in [0.1, 0.15) is 34.6 Å². The van der Waals surface area contributed by atoms with Crippen molar-refractivity contribution in [2.75, 3.05) is 18.9 Å². The summed E-state index contributed by atoms with van der Waals surface area (Å²) in [5.41, 5.74) is 5.93. The molecule has 3 aromatic rings. The zero-order chi connectivity index (χ0) is 19.0. The van der Waals surface area contributed by atoms with Gasteiger partial charge in [0.25, 0.3) is 5.91 Å². The molecular weight excluding hydrogens is 336 g/mol. The number of aromatic nitrogens is 2. The third-order valence-corrected chi connectivity index (χ3v) is 5.08. The molecular formula is C22H24N4O. The van der Waals surface area contributed by atoms with Crippen molar-refractivity contribution in [3.05, 3.63) is 71.4 Å². The summed E-state index contributed by atoms with van der Waals surface area (Å²) >= 11 is 0. The number of benzene rings is 2. The van der Waals surface area contributed by atoms with E-state index in [0.29, 0.717) is 18.8 Å². The summed E-state index contributed by atoms with van der Waals surface area (Å²) in [5.74, 6) is 0.0359. The number of aryl methyl sites for hydroxylation is 1. The second-order valence-corrected chi connectivity index (χ2v) is 7.21. The van der Waals surface area contributed by atoms with Crippen LogP contribution in [-0.2, 0) is 6.54 Å². The second-order valence-electron chi connectivity index (χ2n) is 7.21. The third-order valence-electron chi connectivity index (χ3n) is 5.08. The van der Waals surface area contributed by atoms with Gasteiger partial charge in [-0.3, -0.25) is 9.48 Å². The van der Waals surface area contributed by atoms with Gasteiger partial charge in [-0.1, -0.05) is 42.0 Å². The van der Waals surface area contributed by atoms with Gasteiger partial charge in [-0.15, -0.1) is 0 Å². The van der Waals surface area contributed by atoms with Gasteiger partial charge >= 0.3 is 0 Å². The fourth-order valence-electron chi connectivity index (χ4n) is 3.58. The summed E-state index contributed by atoms with van der Waals surface area (Å²) in [7, 11) is 1.90. The summed E-state index contributed by atoms with van der Waals surface area (Å²) in [4.78, 5) is 15.0. The first-order chi connectivity index (χ1) is 13.0. The molecule has 1 aliphatic rings. The molecule has 2 heterocycles. The first-order valence-corrected chi connectivity index (χ1v) is 9.27. The van der Waals surface area contributed by atoms with Crippen molar-refractivity contribution >= 4 is 11.6 Å². The Labute approximate surface area is 159 Å². The summed E-state index contributed by atoms with van der Waals surface area (Å²) in [5, 5.41) is 7.86. The van der Waals surface area contributed by atoms with Gasteiger partial charge in [0, 0.05) is 31.4 Å². The fraction of sp³-hybridized carbons (Fsp3) is 0.273. The molecule has 5 nitrogen and oxygen atoms in total. The van der Waals surface area contributed by atoms with Crippen molar-refractivity contribution in [3.63, 3.8) is 0 Å². The quantitative estimate of drug-likeness (QED) is 0.761. The van der Waals surface area contributed by atoms with Crippen LogP contribution in [0.2, 0.25) is 0 Å². The van der Waals surface area contributed by atoms with Crippen molar-refractivity contribution in [2.24, 2.45) is 0 Å². The van der Waals surface area contributed by atoms with Gasteiger partial charge in [0.15, 0.2) is 0 Å². The third kappa shape index (κ3) is 3.33. The highest BCUT2D eigenvalue weighted by molar-refractivity contribution is 5.94. The molecule has 1 aliphatic heterocycles. The molecule has 1 aromatic heterocycles. The van der Waals surface area contributed by atoms with Crippen LogP contribution >= 0.6 is 0 Å².